The molecule has 0 aromatic carbocycles. The Labute approximate surface area is 134 Å². The van der Waals surface area contributed by atoms with Gasteiger partial charge in [-0.2, -0.15) is 5.10 Å². The van der Waals surface area contributed by atoms with E-state index in [0.29, 0.717) is 6.04 Å². The van der Waals surface area contributed by atoms with Crippen LogP contribution in [0.4, 0.5) is 0 Å². The summed E-state index contributed by atoms with van der Waals surface area (Å²) in [5, 5.41) is 11.0. The second-order valence-corrected chi connectivity index (χ2v) is 6.10. The van der Waals surface area contributed by atoms with Crippen LogP contribution in [0, 0.1) is 13.8 Å². The summed E-state index contributed by atoms with van der Waals surface area (Å²) in [5.41, 5.74) is 3.14. The molecular formula is C17H20N4O2. The normalized spacial score (nSPS) is 18.8. The van der Waals surface area contributed by atoms with E-state index in [4.69, 9.17) is 8.94 Å². The maximum Gasteiger partial charge on any atom is 0.152 e. The van der Waals surface area contributed by atoms with Gasteiger partial charge in [-0.15, -0.1) is 0 Å². The van der Waals surface area contributed by atoms with Gasteiger partial charge in [0.25, 0.3) is 0 Å². The number of rotatable bonds is 4. The van der Waals surface area contributed by atoms with E-state index in [1.165, 1.54) is 12.0 Å². The minimum Gasteiger partial charge on any atom is -0.458 e. The molecule has 0 amide bonds. The predicted molar refractivity (Wildman–Crippen MR) is 84.7 cm³/mol. The summed E-state index contributed by atoms with van der Waals surface area (Å²) in [5.74, 6) is 2.72. The van der Waals surface area contributed by atoms with Gasteiger partial charge in [0.15, 0.2) is 5.76 Å². The van der Waals surface area contributed by atoms with Gasteiger partial charge >= 0.3 is 0 Å². The van der Waals surface area contributed by atoms with Crippen LogP contribution in [0.25, 0.3) is 11.5 Å². The Kier molecular flexibility index (Phi) is 3.53. The number of nitrogens with zero attached hydrogens (tertiary/aromatic N) is 3. The second-order valence-electron chi connectivity index (χ2n) is 6.10. The van der Waals surface area contributed by atoms with E-state index in [-0.39, 0.29) is 0 Å². The van der Waals surface area contributed by atoms with Gasteiger partial charge in [-0.1, -0.05) is 5.16 Å². The molecule has 0 spiro atoms. The Hall–Kier alpha value is -2.34. The van der Waals surface area contributed by atoms with E-state index in [9.17, 15) is 0 Å². The van der Waals surface area contributed by atoms with Crippen LogP contribution in [-0.2, 0) is 6.54 Å². The largest absolute Gasteiger partial charge is 0.458 e. The van der Waals surface area contributed by atoms with Gasteiger partial charge in [0, 0.05) is 17.8 Å². The van der Waals surface area contributed by atoms with E-state index in [1.54, 1.807) is 6.20 Å². The molecule has 1 N–H and O–H groups in total. The fourth-order valence-corrected chi connectivity index (χ4v) is 3.51. The summed E-state index contributed by atoms with van der Waals surface area (Å²) in [6, 6.07) is 6.30. The first-order valence-electron chi connectivity index (χ1n) is 7.97. The highest BCUT2D eigenvalue weighted by Gasteiger charge is 2.31. The molecule has 4 rings (SSSR count). The number of nitrogens with one attached hydrogen (secondary N) is 1. The molecule has 6 heteroatoms. The fraction of sp³-hybridized carbons (Fsp3) is 0.412. The van der Waals surface area contributed by atoms with Crippen molar-refractivity contribution in [3.8, 4) is 11.5 Å². The quantitative estimate of drug-likeness (QED) is 0.797. The Bertz CT molecular complexity index is 768. The summed E-state index contributed by atoms with van der Waals surface area (Å²) in [4.78, 5) is 2.45. The molecule has 3 aromatic heterocycles. The molecule has 23 heavy (non-hydrogen) atoms. The standard InChI is InChI=1S/C17H20N4O2/c1-11-17(12(2)23-20-11)15-4-3-9-21(15)10-13-5-6-16(22-13)14-7-8-18-19-14/h5-8,15H,3-4,9-10H2,1-2H3,(H,18,19). The van der Waals surface area contributed by atoms with Crippen molar-refractivity contribution >= 4 is 0 Å². The van der Waals surface area contributed by atoms with Crippen LogP contribution in [0.2, 0.25) is 0 Å². The average molecular weight is 312 g/mol. The summed E-state index contributed by atoms with van der Waals surface area (Å²) in [7, 11) is 0. The second kappa shape index (κ2) is 5.70. The predicted octanol–water partition coefficient (Wildman–Crippen LogP) is 3.61. The number of aromatic nitrogens is 3. The van der Waals surface area contributed by atoms with E-state index < -0.39 is 0 Å². The molecule has 1 fully saturated rings. The number of aryl methyl sites for hydroxylation is 2. The summed E-state index contributed by atoms with van der Waals surface area (Å²) >= 11 is 0. The van der Waals surface area contributed by atoms with Gasteiger partial charge in [0.05, 0.1) is 12.2 Å². The highest BCUT2D eigenvalue weighted by molar-refractivity contribution is 5.51. The number of aromatic amines is 1. The van der Waals surface area contributed by atoms with E-state index in [0.717, 1.165) is 48.2 Å². The first kappa shape index (κ1) is 14.3. The fourth-order valence-electron chi connectivity index (χ4n) is 3.51. The molecule has 1 unspecified atom stereocenters. The highest BCUT2D eigenvalue weighted by atomic mass is 16.5. The monoisotopic (exact) mass is 312 g/mol. The van der Waals surface area contributed by atoms with Crippen LogP contribution in [0.5, 0.6) is 0 Å². The summed E-state index contributed by atoms with van der Waals surface area (Å²) < 4.78 is 11.3. The van der Waals surface area contributed by atoms with Crippen LogP contribution < -0.4 is 0 Å². The van der Waals surface area contributed by atoms with Crippen molar-refractivity contribution in [2.45, 2.75) is 39.3 Å². The van der Waals surface area contributed by atoms with Gasteiger partial charge in [-0.05, 0) is 51.4 Å². The van der Waals surface area contributed by atoms with Crippen molar-refractivity contribution < 1.29 is 8.94 Å². The Balaban J connectivity index is 1.54. The lowest BCUT2D eigenvalue weighted by Gasteiger charge is -2.23. The topological polar surface area (TPSA) is 71.1 Å². The summed E-state index contributed by atoms with van der Waals surface area (Å²) in [6.07, 6.45) is 4.05. The molecule has 4 heterocycles. The smallest absolute Gasteiger partial charge is 0.152 e. The van der Waals surface area contributed by atoms with Crippen LogP contribution in [0.15, 0.2) is 33.3 Å². The summed E-state index contributed by atoms with van der Waals surface area (Å²) in [6.45, 7) is 5.87. The molecule has 1 aliphatic heterocycles. The van der Waals surface area contributed by atoms with E-state index in [1.807, 2.05) is 32.0 Å². The molecular weight excluding hydrogens is 292 g/mol. The molecule has 0 radical (unpaired) electrons. The lowest BCUT2D eigenvalue weighted by atomic mass is 10.0. The first-order chi connectivity index (χ1) is 11.2. The maximum atomic E-state index is 5.96. The van der Waals surface area contributed by atoms with Gasteiger partial charge in [0.1, 0.15) is 17.2 Å². The Morgan fingerprint density at radius 1 is 1.30 bits per heavy atom. The lowest BCUT2D eigenvalue weighted by molar-refractivity contribution is 0.226. The van der Waals surface area contributed by atoms with Gasteiger partial charge in [0.2, 0.25) is 0 Å². The third kappa shape index (κ3) is 2.59. The number of H-pyrrole nitrogens is 1. The van der Waals surface area contributed by atoms with E-state index in [2.05, 4.69) is 20.3 Å². The zero-order chi connectivity index (χ0) is 15.8. The third-order valence-corrected chi connectivity index (χ3v) is 4.57. The molecule has 0 saturated carbocycles. The molecule has 6 nitrogen and oxygen atoms in total. The Morgan fingerprint density at radius 3 is 2.96 bits per heavy atom. The van der Waals surface area contributed by atoms with Crippen molar-refractivity contribution in [3.05, 3.63) is 47.2 Å². The van der Waals surface area contributed by atoms with Crippen molar-refractivity contribution in [1.82, 2.24) is 20.3 Å². The first-order valence-corrected chi connectivity index (χ1v) is 7.97. The number of likely N-dealkylation sites (tertiary alicyclic amines) is 1. The lowest BCUT2D eigenvalue weighted by Crippen LogP contribution is -2.23. The van der Waals surface area contributed by atoms with Crippen LogP contribution in [0.3, 0.4) is 0 Å². The molecule has 3 aromatic rings. The van der Waals surface area contributed by atoms with E-state index >= 15 is 0 Å². The zero-order valence-electron chi connectivity index (χ0n) is 13.4. The van der Waals surface area contributed by atoms with Crippen molar-refractivity contribution in [2.24, 2.45) is 0 Å². The van der Waals surface area contributed by atoms with Crippen LogP contribution >= 0.6 is 0 Å². The minimum atomic E-state index is 0.363. The van der Waals surface area contributed by atoms with Crippen molar-refractivity contribution in [1.29, 1.82) is 0 Å². The average Bonchev–Trinajstić information content (AvgIpc) is 3.29. The van der Waals surface area contributed by atoms with Gasteiger partial charge in [-0.25, -0.2) is 0 Å². The molecule has 0 bridgehead atoms. The minimum absolute atomic E-state index is 0.363. The van der Waals surface area contributed by atoms with Crippen molar-refractivity contribution in [2.75, 3.05) is 6.54 Å². The number of hydrogen-bond donors (Lipinski definition) is 1. The Morgan fingerprint density at radius 2 is 2.22 bits per heavy atom. The molecule has 0 aliphatic carbocycles. The number of furan rings is 1. The highest BCUT2D eigenvalue weighted by Crippen LogP contribution is 2.36. The molecule has 1 saturated heterocycles. The maximum absolute atomic E-state index is 5.96. The molecule has 120 valence electrons. The van der Waals surface area contributed by atoms with Crippen LogP contribution in [0.1, 0.15) is 41.7 Å². The van der Waals surface area contributed by atoms with Gasteiger partial charge in [-0.3, -0.25) is 10.00 Å². The number of hydrogen-bond acceptors (Lipinski definition) is 5. The molecule has 1 atom stereocenters. The van der Waals surface area contributed by atoms with Crippen LogP contribution in [-0.4, -0.2) is 26.8 Å². The van der Waals surface area contributed by atoms with Gasteiger partial charge < -0.3 is 8.94 Å². The third-order valence-electron chi connectivity index (χ3n) is 4.57. The van der Waals surface area contributed by atoms with Crippen molar-refractivity contribution in [3.63, 3.8) is 0 Å². The molecule has 1 aliphatic rings. The SMILES string of the molecule is Cc1noc(C)c1C1CCCN1Cc1ccc(-c2ccn[nH]2)o1. The zero-order valence-corrected chi connectivity index (χ0v) is 13.4.